The van der Waals surface area contributed by atoms with E-state index in [0.29, 0.717) is 47.6 Å². The third-order valence-electron chi connectivity index (χ3n) is 11.8. The van der Waals surface area contributed by atoms with Crippen molar-refractivity contribution in [3.63, 3.8) is 0 Å². The number of rotatable bonds is 23. The number of carbonyl (C=O) groups is 1. The average Bonchev–Trinajstić information content (AvgIpc) is 3.29. The molecule has 3 N–H and O–H groups in total. The van der Waals surface area contributed by atoms with E-state index in [1.165, 1.54) is 12.1 Å². The third-order valence-corrected chi connectivity index (χ3v) is 11.8. The number of nitro benzene ring substituents is 1. The lowest BCUT2D eigenvalue weighted by molar-refractivity contribution is -0.384. The van der Waals surface area contributed by atoms with Crippen molar-refractivity contribution in [2.24, 2.45) is 22.9 Å². The van der Waals surface area contributed by atoms with Crippen molar-refractivity contribution in [1.29, 1.82) is 5.26 Å². The van der Waals surface area contributed by atoms with Crippen molar-refractivity contribution in [3.05, 3.63) is 118 Å². The molecule has 0 radical (unpaired) electrons. The number of aliphatic hydroxyl groups excluding tert-OH is 3. The number of unbranched alkanes of at least 4 members (excludes halogenated alkanes) is 2. The van der Waals surface area contributed by atoms with Crippen LogP contribution in [0.5, 0.6) is 17.2 Å². The molecule has 15 nitrogen and oxygen atoms in total. The fraction of sp³-hybridized carbons (Fsp3) is 0.468. The zero-order valence-electron chi connectivity index (χ0n) is 35.1. The van der Waals surface area contributed by atoms with Gasteiger partial charge in [-0.1, -0.05) is 36.2 Å². The van der Waals surface area contributed by atoms with Gasteiger partial charge in [-0.2, -0.15) is 5.26 Å². The zero-order chi connectivity index (χ0) is 44.1. The second-order valence-electron chi connectivity index (χ2n) is 15.6. The van der Waals surface area contributed by atoms with E-state index < -0.39 is 22.7 Å². The van der Waals surface area contributed by atoms with E-state index in [-0.39, 0.29) is 94.3 Å². The lowest BCUT2D eigenvalue weighted by Crippen LogP contribution is -2.70. The van der Waals surface area contributed by atoms with Gasteiger partial charge in [-0.15, -0.1) is 6.58 Å². The Morgan fingerprint density at radius 1 is 1.03 bits per heavy atom. The number of ether oxygens (including phenoxy) is 4. The van der Waals surface area contributed by atoms with E-state index in [2.05, 4.69) is 18.7 Å². The van der Waals surface area contributed by atoms with Gasteiger partial charge >= 0.3 is 0 Å². The van der Waals surface area contributed by atoms with E-state index >= 15 is 0 Å². The van der Waals surface area contributed by atoms with Crippen molar-refractivity contribution in [2.45, 2.75) is 69.6 Å². The number of carbonyl (C=O) groups excluding carboxylic acids is 1. The Kier molecular flexibility index (Phi) is 16.2. The molecule has 1 aliphatic heterocycles. The van der Waals surface area contributed by atoms with Gasteiger partial charge in [0.15, 0.2) is 0 Å². The summed E-state index contributed by atoms with van der Waals surface area (Å²) < 4.78 is 26.4. The summed E-state index contributed by atoms with van der Waals surface area (Å²) in [6.07, 6.45) is 8.22. The fourth-order valence-electron chi connectivity index (χ4n) is 9.23. The average molecular weight is 853 g/mol. The molecule has 6 atom stereocenters. The highest BCUT2D eigenvalue weighted by molar-refractivity contribution is 6.03. The van der Waals surface area contributed by atoms with Gasteiger partial charge in [-0.05, 0) is 98.5 Å². The maximum absolute atomic E-state index is 15.0. The molecule has 0 unspecified atom stereocenters. The standard InChI is InChI=1S/C47H56N4O11/c1-3-24-59-47-43(50(20-25-58-26-23-54)46(55)33-16-14-32(31-48)15-17-33)30-41(49-60-4-2)39-27-34(10-5-7-21-52)38(13-6-8-22-53)44(45(39)47)40-29-37(18-19-42(40)62-47)61-36-12-9-11-35(28-36)51(56)57/h3,9,11-12,14-19,27-29,34,38,43-45,52-54H,1,4-8,10,13,20-26,30H2,2H3/t34-,38+,43-,44+,45+,47+/m0/s1. The van der Waals surface area contributed by atoms with Gasteiger partial charge < -0.3 is 44.0 Å². The molecule has 2 aliphatic carbocycles. The SMILES string of the molecule is C=CCO[C@@]12Oc3ccc(Oc4cccc([N+](=O)[O-])c4)cc3[C@H]3[C@H](CCCCO)[C@@H](CCCCO)C=C(C(=NOCC)C[C@@H]1N(CCOCCO)C(=O)c1ccc(C#N)cc1)[C@H]32. The number of non-ortho nitro benzene ring substituents is 1. The van der Waals surface area contributed by atoms with Gasteiger partial charge in [0.1, 0.15) is 29.9 Å². The maximum atomic E-state index is 15.0. The van der Waals surface area contributed by atoms with Crippen LogP contribution in [0.1, 0.15) is 79.3 Å². The molecule has 0 saturated heterocycles. The largest absolute Gasteiger partial charge is 0.459 e. The number of nitro groups is 1. The van der Waals surface area contributed by atoms with Crippen LogP contribution in [0.4, 0.5) is 5.69 Å². The molecular formula is C47H56N4O11. The zero-order valence-corrected chi connectivity index (χ0v) is 35.1. The van der Waals surface area contributed by atoms with Crippen LogP contribution in [0, 0.1) is 39.2 Å². The predicted molar refractivity (Wildman–Crippen MR) is 230 cm³/mol. The molecule has 3 aromatic rings. The highest BCUT2D eigenvalue weighted by Crippen LogP contribution is 2.62. The molecule has 1 saturated carbocycles. The molecule has 3 aliphatic rings. The summed E-state index contributed by atoms with van der Waals surface area (Å²) in [7, 11) is 0. The van der Waals surface area contributed by atoms with Crippen LogP contribution in [-0.4, -0.2) is 101 Å². The van der Waals surface area contributed by atoms with Gasteiger partial charge in [-0.3, -0.25) is 14.9 Å². The van der Waals surface area contributed by atoms with Crippen LogP contribution in [0.25, 0.3) is 0 Å². The summed E-state index contributed by atoms with van der Waals surface area (Å²) in [5.41, 5.74) is 2.91. The normalized spacial score (nSPS) is 22.9. The smallest absolute Gasteiger partial charge is 0.273 e. The molecule has 3 aromatic carbocycles. The molecule has 1 fully saturated rings. The van der Waals surface area contributed by atoms with Crippen LogP contribution in [0.2, 0.25) is 0 Å². The van der Waals surface area contributed by atoms with Gasteiger partial charge in [0.05, 0.1) is 60.7 Å². The van der Waals surface area contributed by atoms with E-state index in [9.17, 15) is 35.5 Å². The van der Waals surface area contributed by atoms with Crippen molar-refractivity contribution in [2.75, 3.05) is 52.8 Å². The summed E-state index contributed by atoms with van der Waals surface area (Å²) in [6.45, 7) is 6.29. The van der Waals surface area contributed by atoms with E-state index in [0.717, 1.165) is 30.4 Å². The molecule has 6 rings (SSSR count). The molecule has 1 heterocycles. The van der Waals surface area contributed by atoms with Crippen molar-refractivity contribution >= 4 is 17.3 Å². The maximum Gasteiger partial charge on any atom is 0.273 e. The Balaban J connectivity index is 1.59. The monoisotopic (exact) mass is 852 g/mol. The Hall–Kier alpha value is -5.63. The molecule has 0 bridgehead atoms. The molecular weight excluding hydrogens is 797 g/mol. The Morgan fingerprint density at radius 3 is 2.48 bits per heavy atom. The number of hydrogen-bond donors (Lipinski definition) is 3. The van der Waals surface area contributed by atoms with Gasteiger partial charge in [0, 0.05) is 49.3 Å². The third kappa shape index (κ3) is 10.2. The second-order valence-corrected chi connectivity index (χ2v) is 15.6. The number of fused-ring (bicyclic) bond motifs is 2. The number of aliphatic hydroxyl groups is 3. The predicted octanol–water partition coefficient (Wildman–Crippen LogP) is 7.06. The first-order valence-corrected chi connectivity index (χ1v) is 21.4. The van der Waals surface area contributed by atoms with E-state index in [1.54, 1.807) is 59.5 Å². The number of allylic oxidation sites excluding steroid dienone is 1. The van der Waals surface area contributed by atoms with Crippen LogP contribution >= 0.6 is 0 Å². The first-order chi connectivity index (χ1) is 30.2. The Bertz CT molecular complexity index is 2120. The van der Waals surface area contributed by atoms with Crippen LogP contribution in [0.3, 0.4) is 0 Å². The van der Waals surface area contributed by atoms with Crippen LogP contribution < -0.4 is 9.47 Å². The van der Waals surface area contributed by atoms with Crippen molar-refractivity contribution in [1.82, 2.24) is 4.90 Å². The number of hydrogen-bond acceptors (Lipinski definition) is 13. The minimum atomic E-state index is -1.55. The van der Waals surface area contributed by atoms with Gasteiger partial charge in [-0.25, -0.2) is 0 Å². The molecule has 1 amide bonds. The molecule has 15 heteroatoms. The van der Waals surface area contributed by atoms with Crippen molar-refractivity contribution < 1.29 is 48.8 Å². The first-order valence-electron chi connectivity index (χ1n) is 21.4. The van der Waals surface area contributed by atoms with Gasteiger partial charge in [0.25, 0.3) is 11.6 Å². The Morgan fingerprint density at radius 2 is 1.79 bits per heavy atom. The summed E-state index contributed by atoms with van der Waals surface area (Å²) >= 11 is 0. The number of benzene rings is 3. The summed E-state index contributed by atoms with van der Waals surface area (Å²) in [4.78, 5) is 33.6. The lowest BCUT2D eigenvalue weighted by Gasteiger charge is -2.60. The summed E-state index contributed by atoms with van der Waals surface area (Å²) in [6, 6.07) is 19.1. The lowest BCUT2D eigenvalue weighted by atomic mass is 9.55. The number of oxime groups is 1. The highest BCUT2D eigenvalue weighted by Gasteiger charge is 2.65. The topological polar surface area (TPSA) is 206 Å². The van der Waals surface area contributed by atoms with Crippen LogP contribution in [-0.2, 0) is 14.3 Å². The summed E-state index contributed by atoms with van der Waals surface area (Å²) in [5.74, 6) is -1.69. The fourth-order valence-corrected chi connectivity index (χ4v) is 9.23. The summed E-state index contributed by atoms with van der Waals surface area (Å²) in [5, 5.41) is 55.3. The number of nitrogens with zero attached hydrogens (tertiary/aromatic N) is 4. The number of nitriles is 1. The minimum absolute atomic E-state index is 0.00691. The van der Waals surface area contributed by atoms with E-state index in [4.69, 9.17) is 28.9 Å². The molecule has 0 spiro atoms. The second kappa shape index (κ2) is 21.9. The van der Waals surface area contributed by atoms with E-state index in [1.807, 2.05) is 13.0 Å². The Labute approximate surface area is 361 Å². The molecule has 0 aromatic heterocycles. The minimum Gasteiger partial charge on any atom is -0.459 e. The van der Waals surface area contributed by atoms with Crippen LogP contribution in [0.15, 0.2) is 96.2 Å². The van der Waals surface area contributed by atoms with Crippen molar-refractivity contribution in [3.8, 4) is 23.3 Å². The number of amides is 1. The van der Waals surface area contributed by atoms with Gasteiger partial charge in [0.2, 0.25) is 5.79 Å². The quantitative estimate of drug-likeness (QED) is 0.0379. The first kappa shape index (κ1) is 45.9. The molecule has 330 valence electrons. The molecule has 62 heavy (non-hydrogen) atoms. The highest BCUT2D eigenvalue weighted by atomic mass is 16.7.